The van der Waals surface area contributed by atoms with E-state index in [0.717, 1.165) is 16.3 Å². The Kier molecular flexibility index (Phi) is 4.97. The molecule has 0 aliphatic carbocycles. The highest BCUT2D eigenvalue weighted by atomic mass is 16.6. The molecule has 0 unspecified atom stereocenters. The fraction of sp³-hybridized carbons (Fsp3) is 0.333. The molecule has 0 aliphatic rings. The van der Waals surface area contributed by atoms with E-state index in [0.29, 0.717) is 0 Å². The van der Waals surface area contributed by atoms with Gasteiger partial charge in [0.15, 0.2) is 0 Å². The van der Waals surface area contributed by atoms with E-state index in [2.05, 4.69) is 5.32 Å². The van der Waals surface area contributed by atoms with Gasteiger partial charge in [0.25, 0.3) is 0 Å². The molecule has 0 saturated carbocycles. The number of carbonyl (C=O) groups excluding carboxylic acids is 2. The van der Waals surface area contributed by atoms with Crippen LogP contribution >= 0.6 is 0 Å². The van der Waals surface area contributed by atoms with Crippen molar-refractivity contribution in [2.24, 2.45) is 5.73 Å². The van der Waals surface area contributed by atoms with Crippen LogP contribution < -0.4 is 11.1 Å². The Morgan fingerprint density at radius 3 is 2.58 bits per heavy atom. The molecule has 24 heavy (non-hydrogen) atoms. The van der Waals surface area contributed by atoms with Crippen LogP contribution in [-0.2, 0) is 16.0 Å². The van der Waals surface area contributed by atoms with Crippen molar-refractivity contribution in [2.75, 3.05) is 0 Å². The van der Waals surface area contributed by atoms with Crippen LogP contribution in [0.3, 0.4) is 0 Å². The first-order valence-corrected chi connectivity index (χ1v) is 7.65. The summed E-state index contributed by atoms with van der Waals surface area (Å²) >= 11 is 0. The first-order valence-electron chi connectivity index (χ1n) is 7.65. The minimum absolute atomic E-state index is 0.130. The van der Waals surface area contributed by atoms with Gasteiger partial charge in [-0.1, -0.05) is 24.3 Å². The number of nitrogens with two attached hydrogens (primary N) is 1. The molecular formula is C18H22N2O4. The zero-order valence-electron chi connectivity index (χ0n) is 14.0. The largest absolute Gasteiger partial charge is 0.508 e. The number of phenolic OH excluding ortho intramolecular Hbond substituents is 1. The van der Waals surface area contributed by atoms with E-state index in [1.165, 1.54) is 0 Å². The summed E-state index contributed by atoms with van der Waals surface area (Å²) in [5.74, 6) is -0.524. The molecular weight excluding hydrogens is 308 g/mol. The van der Waals surface area contributed by atoms with Gasteiger partial charge in [0.05, 0.1) is 0 Å². The lowest BCUT2D eigenvalue weighted by Crippen LogP contribution is -2.47. The summed E-state index contributed by atoms with van der Waals surface area (Å²) < 4.78 is 5.16. The number of phenols is 1. The molecule has 2 rings (SSSR count). The number of rotatable bonds is 4. The molecule has 0 fully saturated rings. The predicted octanol–water partition coefficient (Wildman–Crippen LogP) is 2.47. The lowest BCUT2D eigenvalue weighted by atomic mass is 9.98. The Labute approximate surface area is 140 Å². The van der Waals surface area contributed by atoms with Crippen molar-refractivity contribution >= 4 is 22.8 Å². The van der Waals surface area contributed by atoms with Crippen molar-refractivity contribution in [3.8, 4) is 5.75 Å². The highest BCUT2D eigenvalue weighted by molar-refractivity contribution is 5.89. The number of aromatic hydroxyl groups is 1. The second-order valence-electron chi connectivity index (χ2n) is 6.63. The van der Waals surface area contributed by atoms with Crippen LogP contribution in [0.2, 0.25) is 0 Å². The molecule has 0 spiro atoms. The summed E-state index contributed by atoms with van der Waals surface area (Å²) in [5.41, 5.74) is 5.54. The lowest BCUT2D eigenvalue weighted by Gasteiger charge is -2.22. The molecule has 0 radical (unpaired) electrons. The van der Waals surface area contributed by atoms with Gasteiger partial charge in [0.2, 0.25) is 5.91 Å². The molecule has 4 N–H and O–H groups in total. The van der Waals surface area contributed by atoms with Crippen molar-refractivity contribution in [1.29, 1.82) is 0 Å². The molecule has 0 aliphatic heterocycles. The summed E-state index contributed by atoms with van der Waals surface area (Å²) in [6.45, 7) is 5.21. The predicted molar refractivity (Wildman–Crippen MR) is 91.7 cm³/mol. The molecule has 0 aromatic heterocycles. The van der Waals surface area contributed by atoms with Crippen molar-refractivity contribution in [2.45, 2.75) is 38.8 Å². The third-order valence-corrected chi connectivity index (χ3v) is 3.41. The minimum atomic E-state index is -0.909. The smallest absolute Gasteiger partial charge is 0.408 e. The van der Waals surface area contributed by atoms with E-state index >= 15 is 0 Å². The van der Waals surface area contributed by atoms with Gasteiger partial charge in [-0.3, -0.25) is 4.79 Å². The standard InChI is InChI=1S/C18H22N2O4/c1-18(2,3)24-17(23)20-15(16(19)22)9-12-6-4-5-11-7-8-13(21)10-14(11)12/h4-8,10,15,21H,9H2,1-3H3,(H2,19,22)(H,20,23)/t15-/m1/s1. The van der Waals surface area contributed by atoms with Crippen LogP contribution in [-0.4, -0.2) is 28.7 Å². The first-order chi connectivity index (χ1) is 11.2. The maximum Gasteiger partial charge on any atom is 0.408 e. The number of hydrogen-bond acceptors (Lipinski definition) is 4. The molecule has 1 atom stereocenters. The van der Waals surface area contributed by atoms with Gasteiger partial charge in [0.1, 0.15) is 17.4 Å². The van der Waals surface area contributed by atoms with E-state index in [9.17, 15) is 14.7 Å². The van der Waals surface area contributed by atoms with Gasteiger partial charge in [-0.25, -0.2) is 4.79 Å². The Morgan fingerprint density at radius 2 is 1.96 bits per heavy atom. The van der Waals surface area contributed by atoms with Crippen molar-refractivity contribution < 1.29 is 19.4 Å². The first kappa shape index (κ1) is 17.6. The lowest BCUT2D eigenvalue weighted by molar-refractivity contribution is -0.120. The minimum Gasteiger partial charge on any atom is -0.508 e. The topological polar surface area (TPSA) is 102 Å². The second kappa shape index (κ2) is 6.78. The highest BCUT2D eigenvalue weighted by Gasteiger charge is 2.23. The summed E-state index contributed by atoms with van der Waals surface area (Å²) in [5, 5.41) is 13.9. The Hall–Kier alpha value is -2.76. The number of nitrogens with one attached hydrogen (secondary N) is 1. The van der Waals surface area contributed by atoms with Crippen LogP contribution in [0.5, 0.6) is 5.75 Å². The summed E-state index contributed by atoms with van der Waals surface area (Å²) in [6.07, 6.45) is -0.496. The van der Waals surface area contributed by atoms with Crippen molar-refractivity contribution in [1.82, 2.24) is 5.32 Å². The van der Waals surface area contributed by atoms with Gasteiger partial charge in [-0.2, -0.15) is 0 Å². The maximum absolute atomic E-state index is 11.9. The molecule has 2 amide bonds. The molecule has 2 aromatic rings. The summed E-state index contributed by atoms with van der Waals surface area (Å²) in [7, 11) is 0. The second-order valence-corrected chi connectivity index (χ2v) is 6.63. The number of amides is 2. The van der Waals surface area contributed by atoms with E-state index < -0.39 is 23.6 Å². The number of fused-ring (bicyclic) bond motifs is 1. The average Bonchev–Trinajstić information content (AvgIpc) is 2.45. The highest BCUT2D eigenvalue weighted by Crippen LogP contribution is 2.24. The Morgan fingerprint density at radius 1 is 1.25 bits per heavy atom. The fourth-order valence-electron chi connectivity index (χ4n) is 2.40. The number of benzene rings is 2. The maximum atomic E-state index is 11.9. The molecule has 0 saturated heterocycles. The SMILES string of the molecule is CC(C)(C)OC(=O)N[C@H](Cc1cccc2ccc(O)cc12)C(N)=O. The van der Waals surface area contributed by atoms with Crippen molar-refractivity contribution in [3.05, 3.63) is 42.0 Å². The summed E-state index contributed by atoms with van der Waals surface area (Å²) in [4.78, 5) is 23.6. The third-order valence-electron chi connectivity index (χ3n) is 3.41. The molecule has 128 valence electrons. The van der Waals surface area contributed by atoms with Crippen LogP contribution in [0.25, 0.3) is 10.8 Å². The van der Waals surface area contributed by atoms with Gasteiger partial charge < -0.3 is 20.9 Å². The number of hydrogen-bond donors (Lipinski definition) is 3. The van der Waals surface area contributed by atoms with Crippen molar-refractivity contribution in [3.63, 3.8) is 0 Å². The number of ether oxygens (including phenoxy) is 1. The molecule has 6 nitrogen and oxygen atoms in total. The fourth-order valence-corrected chi connectivity index (χ4v) is 2.40. The third kappa shape index (κ3) is 4.62. The van der Waals surface area contributed by atoms with E-state index in [1.54, 1.807) is 39.0 Å². The van der Waals surface area contributed by atoms with Crippen LogP contribution in [0.1, 0.15) is 26.3 Å². The summed E-state index contributed by atoms with van der Waals surface area (Å²) in [6, 6.07) is 9.67. The number of alkyl carbamates (subject to hydrolysis) is 1. The number of primary amides is 1. The monoisotopic (exact) mass is 330 g/mol. The normalized spacial score (nSPS) is 12.6. The average molecular weight is 330 g/mol. The molecule has 0 bridgehead atoms. The van der Waals surface area contributed by atoms with Crippen LogP contribution in [0.4, 0.5) is 4.79 Å². The molecule has 0 heterocycles. The van der Waals surface area contributed by atoms with Crippen LogP contribution in [0.15, 0.2) is 36.4 Å². The van der Waals surface area contributed by atoms with E-state index in [1.807, 2.05) is 18.2 Å². The van der Waals surface area contributed by atoms with Crippen LogP contribution in [0, 0.1) is 0 Å². The Balaban J connectivity index is 2.24. The van der Waals surface area contributed by atoms with E-state index in [-0.39, 0.29) is 12.2 Å². The zero-order valence-corrected chi connectivity index (χ0v) is 14.0. The van der Waals surface area contributed by atoms with Gasteiger partial charge in [0, 0.05) is 6.42 Å². The zero-order chi connectivity index (χ0) is 17.9. The Bertz CT molecular complexity index is 765. The molecule has 6 heteroatoms. The number of carbonyl (C=O) groups is 2. The van der Waals surface area contributed by atoms with Gasteiger partial charge >= 0.3 is 6.09 Å². The molecule has 2 aromatic carbocycles. The van der Waals surface area contributed by atoms with Gasteiger partial charge in [-0.05, 0) is 49.2 Å². The van der Waals surface area contributed by atoms with Gasteiger partial charge in [-0.15, -0.1) is 0 Å². The quantitative estimate of drug-likeness (QED) is 0.801. The van der Waals surface area contributed by atoms with E-state index in [4.69, 9.17) is 10.5 Å².